The van der Waals surface area contributed by atoms with E-state index >= 15 is 0 Å². The normalized spacial score (nSPS) is 11.1. The topological polar surface area (TPSA) is 0 Å². The van der Waals surface area contributed by atoms with Gasteiger partial charge in [-0.25, -0.2) is 0 Å². The molecule has 0 fully saturated rings. The lowest BCUT2D eigenvalue weighted by atomic mass is 9.91. The van der Waals surface area contributed by atoms with Gasteiger partial charge in [0, 0.05) is 0 Å². The highest BCUT2D eigenvalue weighted by Gasteiger charge is 2.07. The van der Waals surface area contributed by atoms with Crippen molar-refractivity contribution >= 4 is 0 Å². The number of hydrogen-bond acceptors (Lipinski definition) is 0. The van der Waals surface area contributed by atoms with Crippen LogP contribution in [0.25, 0.3) is 0 Å². The summed E-state index contributed by atoms with van der Waals surface area (Å²) in [5, 5.41) is 0. The molecule has 0 N–H and O–H groups in total. The molecule has 1 aromatic carbocycles. The molecule has 0 aliphatic rings. The molecule has 0 aliphatic heterocycles. The van der Waals surface area contributed by atoms with Crippen LogP contribution < -0.4 is 0 Å². The average Bonchev–Trinajstić information content (AvgIpc) is 2.33. The fourth-order valence-electron chi connectivity index (χ4n) is 2.34. The van der Waals surface area contributed by atoms with Gasteiger partial charge in [-0.2, -0.15) is 0 Å². The monoisotopic (exact) mass is 232 g/mol. The molecule has 0 aromatic heterocycles. The van der Waals surface area contributed by atoms with Gasteiger partial charge in [-0.3, -0.25) is 0 Å². The number of unbranched alkanes of at least 4 members (excludes halogenated alkanes) is 2. The summed E-state index contributed by atoms with van der Waals surface area (Å²) in [5.41, 5.74) is 4.68. The zero-order valence-electron chi connectivity index (χ0n) is 12.1. The van der Waals surface area contributed by atoms with Crippen molar-refractivity contribution in [3.05, 3.63) is 34.9 Å². The summed E-state index contributed by atoms with van der Waals surface area (Å²) in [6.07, 6.45) is 7.70. The summed E-state index contributed by atoms with van der Waals surface area (Å²) in [7, 11) is 0. The van der Waals surface area contributed by atoms with Gasteiger partial charge in [-0.1, -0.05) is 58.7 Å². The minimum absolute atomic E-state index is 0.655. The Labute approximate surface area is 107 Å². The van der Waals surface area contributed by atoms with Crippen molar-refractivity contribution < 1.29 is 0 Å². The van der Waals surface area contributed by atoms with E-state index in [-0.39, 0.29) is 0 Å². The van der Waals surface area contributed by atoms with E-state index in [1.807, 2.05) is 0 Å². The molecule has 17 heavy (non-hydrogen) atoms. The standard InChI is InChI=1S/C17H28/c1-5-7-9-15-11-12-17(14(3)4)16(13-15)10-8-6-2/h11-14H,5-10H2,1-4H3. The van der Waals surface area contributed by atoms with Gasteiger partial charge in [0.2, 0.25) is 0 Å². The van der Waals surface area contributed by atoms with Crippen molar-refractivity contribution in [1.82, 2.24) is 0 Å². The van der Waals surface area contributed by atoms with Gasteiger partial charge >= 0.3 is 0 Å². The fourth-order valence-corrected chi connectivity index (χ4v) is 2.34. The summed E-state index contributed by atoms with van der Waals surface area (Å²) in [5.74, 6) is 0.655. The Balaban J connectivity index is 2.84. The van der Waals surface area contributed by atoms with Crippen LogP contribution in [0.3, 0.4) is 0 Å². The first-order valence-corrected chi connectivity index (χ1v) is 7.30. The minimum Gasteiger partial charge on any atom is -0.0654 e. The summed E-state index contributed by atoms with van der Waals surface area (Å²) >= 11 is 0. The number of aryl methyl sites for hydroxylation is 2. The van der Waals surface area contributed by atoms with Crippen LogP contribution in [0, 0.1) is 0 Å². The first kappa shape index (κ1) is 14.3. The highest BCUT2D eigenvalue weighted by atomic mass is 14.1. The first-order chi connectivity index (χ1) is 8.19. The van der Waals surface area contributed by atoms with E-state index in [4.69, 9.17) is 0 Å². The average molecular weight is 232 g/mol. The molecule has 0 unspecified atom stereocenters. The van der Waals surface area contributed by atoms with Crippen LogP contribution in [0.15, 0.2) is 18.2 Å². The second-order valence-electron chi connectivity index (χ2n) is 5.39. The Morgan fingerprint density at radius 2 is 1.59 bits per heavy atom. The van der Waals surface area contributed by atoms with Gasteiger partial charge in [0.15, 0.2) is 0 Å². The second-order valence-corrected chi connectivity index (χ2v) is 5.39. The lowest BCUT2D eigenvalue weighted by Gasteiger charge is -2.14. The summed E-state index contributed by atoms with van der Waals surface area (Å²) in [6, 6.07) is 7.15. The summed E-state index contributed by atoms with van der Waals surface area (Å²) in [6.45, 7) is 9.14. The van der Waals surface area contributed by atoms with Crippen LogP contribution in [0.4, 0.5) is 0 Å². The Kier molecular flexibility index (Phi) is 6.32. The van der Waals surface area contributed by atoms with Crippen molar-refractivity contribution in [3.8, 4) is 0 Å². The molecule has 0 spiro atoms. The summed E-state index contributed by atoms with van der Waals surface area (Å²) in [4.78, 5) is 0. The van der Waals surface area contributed by atoms with Gasteiger partial charge in [0.1, 0.15) is 0 Å². The molecule has 0 bridgehead atoms. The maximum atomic E-state index is 2.46. The van der Waals surface area contributed by atoms with Crippen LogP contribution >= 0.6 is 0 Å². The van der Waals surface area contributed by atoms with E-state index < -0.39 is 0 Å². The molecule has 0 atom stereocenters. The molecule has 0 heterocycles. The maximum absolute atomic E-state index is 2.46. The molecule has 0 radical (unpaired) electrons. The molecule has 96 valence electrons. The molecule has 1 rings (SSSR count). The van der Waals surface area contributed by atoms with Gasteiger partial charge < -0.3 is 0 Å². The first-order valence-electron chi connectivity index (χ1n) is 7.30. The zero-order chi connectivity index (χ0) is 12.7. The smallest absolute Gasteiger partial charge is 0.0216 e. The van der Waals surface area contributed by atoms with E-state index in [2.05, 4.69) is 45.9 Å². The third-order valence-electron chi connectivity index (χ3n) is 3.45. The van der Waals surface area contributed by atoms with Gasteiger partial charge in [0.05, 0.1) is 0 Å². The second kappa shape index (κ2) is 7.53. The van der Waals surface area contributed by atoms with E-state index in [1.165, 1.54) is 44.1 Å². The van der Waals surface area contributed by atoms with Crippen molar-refractivity contribution in [1.29, 1.82) is 0 Å². The minimum atomic E-state index is 0.655. The van der Waals surface area contributed by atoms with Crippen LogP contribution in [0.1, 0.15) is 76.0 Å². The van der Waals surface area contributed by atoms with Crippen LogP contribution in [-0.2, 0) is 12.8 Å². The molecular formula is C17H28. The molecule has 1 aromatic rings. The number of benzene rings is 1. The van der Waals surface area contributed by atoms with E-state index in [1.54, 1.807) is 11.1 Å². The van der Waals surface area contributed by atoms with Gasteiger partial charge in [-0.05, 0) is 48.3 Å². The molecule has 0 nitrogen and oxygen atoms in total. The van der Waals surface area contributed by atoms with E-state index in [0.29, 0.717) is 5.92 Å². The molecule has 0 amide bonds. The molecular weight excluding hydrogens is 204 g/mol. The predicted octanol–water partition coefficient (Wildman–Crippen LogP) is 5.50. The number of hydrogen-bond donors (Lipinski definition) is 0. The molecule has 0 heteroatoms. The molecule has 0 saturated carbocycles. The van der Waals surface area contributed by atoms with Crippen LogP contribution in [0.2, 0.25) is 0 Å². The lowest BCUT2D eigenvalue weighted by Crippen LogP contribution is -1.99. The fraction of sp³-hybridized carbons (Fsp3) is 0.647. The molecule has 0 aliphatic carbocycles. The van der Waals surface area contributed by atoms with Gasteiger partial charge in [0.25, 0.3) is 0 Å². The lowest BCUT2D eigenvalue weighted by molar-refractivity contribution is 0.758. The van der Waals surface area contributed by atoms with Crippen molar-refractivity contribution in [2.45, 2.75) is 72.1 Å². The van der Waals surface area contributed by atoms with E-state index in [0.717, 1.165) is 0 Å². The number of rotatable bonds is 7. The zero-order valence-corrected chi connectivity index (χ0v) is 12.1. The maximum Gasteiger partial charge on any atom is -0.0216 e. The highest BCUT2D eigenvalue weighted by molar-refractivity contribution is 5.34. The van der Waals surface area contributed by atoms with Crippen LogP contribution in [-0.4, -0.2) is 0 Å². The van der Waals surface area contributed by atoms with E-state index in [9.17, 15) is 0 Å². The third-order valence-corrected chi connectivity index (χ3v) is 3.45. The largest absolute Gasteiger partial charge is 0.0654 e. The summed E-state index contributed by atoms with van der Waals surface area (Å²) < 4.78 is 0. The molecule has 0 saturated heterocycles. The van der Waals surface area contributed by atoms with Crippen molar-refractivity contribution in [3.63, 3.8) is 0 Å². The highest BCUT2D eigenvalue weighted by Crippen LogP contribution is 2.23. The van der Waals surface area contributed by atoms with Crippen molar-refractivity contribution in [2.24, 2.45) is 0 Å². The quantitative estimate of drug-likeness (QED) is 0.582. The Morgan fingerprint density at radius 3 is 2.18 bits per heavy atom. The predicted molar refractivity (Wildman–Crippen MR) is 77.8 cm³/mol. The van der Waals surface area contributed by atoms with Crippen molar-refractivity contribution in [2.75, 3.05) is 0 Å². The third kappa shape index (κ3) is 4.53. The Morgan fingerprint density at radius 1 is 0.941 bits per heavy atom. The Bertz CT molecular complexity index is 323. The SMILES string of the molecule is CCCCc1ccc(C(C)C)c(CCCC)c1. The van der Waals surface area contributed by atoms with Crippen LogP contribution in [0.5, 0.6) is 0 Å². The Hall–Kier alpha value is -0.780. The van der Waals surface area contributed by atoms with Gasteiger partial charge in [-0.15, -0.1) is 0 Å².